The van der Waals surface area contributed by atoms with Gasteiger partial charge in [-0.15, -0.1) is 0 Å². The molecule has 0 amide bonds. The number of nitrogens with two attached hydrogens (primary N) is 1. The minimum atomic E-state index is -0.472. The fourth-order valence-corrected chi connectivity index (χ4v) is 1.51. The van der Waals surface area contributed by atoms with E-state index < -0.39 is 5.82 Å². The van der Waals surface area contributed by atoms with Crippen molar-refractivity contribution < 1.29 is 18.6 Å². The van der Waals surface area contributed by atoms with Gasteiger partial charge in [0.1, 0.15) is 5.75 Å². The number of hydrogen-bond donors (Lipinski definition) is 1. The van der Waals surface area contributed by atoms with E-state index in [0.717, 1.165) is 6.42 Å². The Balaban J connectivity index is 2.69. The van der Waals surface area contributed by atoms with E-state index in [1.165, 1.54) is 12.1 Å². The van der Waals surface area contributed by atoms with Crippen molar-refractivity contribution in [1.82, 2.24) is 0 Å². The summed E-state index contributed by atoms with van der Waals surface area (Å²) in [5.74, 6) is 0.131. The van der Waals surface area contributed by atoms with Crippen molar-refractivity contribution in [2.24, 2.45) is 0 Å². The van der Waals surface area contributed by atoms with Crippen LogP contribution in [0.3, 0.4) is 0 Å². The quantitative estimate of drug-likeness (QED) is 0.744. The molecule has 1 aromatic carbocycles. The minimum Gasteiger partial charge on any atom is -0.491 e. The smallest absolute Gasteiger partial charge is 0.167 e. The molecule has 0 bridgehead atoms. The Bertz CT molecular complexity index is 435. The average Bonchev–Trinajstić information content (AvgIpc) is 2.40. The summed E-state index contributed by atoms with van der Waals surface area (Å²) in [6.07, 6.45) is 1.51. The highest BCUT2D eigenvalue weighted by atomic mass is 19.1. The third-order valence-electron chi connectivity index (χ3n) is 3.04. The molecule has 0 atom stereocenters. The average molecular weight is 285 g/mol. The van der Waals surface area contributed by atoms with Crippen LogP contribution in [0.4, 0.5) is 10.1 Å². The van der Waals surface area contributed by atoms with Gasteiger partial charge >= 0.3 is 0 Å². The first-order chi connectivity index (χ1) is 9.39. The topological polar surface area (TPSA) is 53.7 Å². The number of methoxy groups -OCH3 is 1. The summed E-state index contributed by atoms with van der Waals surface area (Å²) < 4.78 is 29.9. The molecule has 1 rings (SSSR count). The Morgan fingerprint density at radius 1 is 1.15 bits per heavy atom. The van der Waals surface area contributed by atoms with E-state index in [9.17, 15) is 4.39 Å². The lowest BCUT2D eigenvalue weighted by molar-refractivity contribution is 0.00549. The predicted octanol–water partition coefficient (Wildman–Crippen LogP) is 3.39. The van der Waals surface area contributed by atoms with E-state index >= 15 is 0 Å². The molecule has 0 aliphatic carbocycles. The van der Waals surface area contributed by atoms with E-state index in [2.05, 4.69) is 0 Å². The third-order valence-corrected chi connectivity index (χ3v) is 3.04. The summed E-state index contributed by atoms with van der Waals surface area (Å²) >= 11 is 0. The lowest BCUT2D eigenvalue weighted by atomic mass is 10.1. The largest absolute Gasteiger partial charge is 0.491 e. The molecule has 2 N–H and O–H groups in total. The number of ether oxygens (including phenoxy) is 3. The molecule has 20 heavy (non-hydrogen) atoms. The summed E-state index contributed by atoms with van der Waals surface area (Å²) in [5.41, 5.74) is 5.75. The molecule has 4 nitrogen and oxygen atoms in total. The minimum absolute atomic E-state index is 0.169. The van der Waals surface area contributed by atoms with Gasteiger partial charge < -0.3 is 19.9 Å². The predicted molar refractivity (Wildman–Crippen MR) is 77.8 cm³/mol. The Morgan fingerprint density at radius 3 is 2.40 bits per heavy atom. The summed E-state index contributed by atoms with van der Waals surface area (Å²) in [6.45, 7) is 6.79. The highest BCUT2D eigenvalue weighted by Crippen LogP contribution is 2.30. The zero-order valence-electron chi connectivity index (χ0n) is 12.7. The first kappa shape index (κ1) is 16.6. The van der Waals surface area contributed by atoms with Crippen molar-refractivity contribution in [2.75, 3.05) is 26.1 Å². The molecular weight excluding hydrogens is 261 g/mol. The second-order valence-electron chi connectivity index (χ2n) is 5.23. The van der Waals surface area contributed by atoms with Crippen LogP contribution in [0, 0.1) is 5.82 Å². The van der Waals surface area contributed by atoms with Crippen molar-refractivity contribution in [3.05, 3.63) is 17.9 Å². The molecule has 0 fully saturated rings. The van der Waals surface area contributed by atoms with Crippen molar-refractivity contribution in [2.45, 2.75) is 39.2 Å². The van der Waals surface area contributed by atoms with Crippen molar-refractivity contribution in [3.63, 3.8) is 0 Å². The molecule has 0 heterocycles. The van der Waals surface area contributed by atoms with Crippen molar-refractivity contribution >= 4 is 5.69 Å². The van der Waals surface area contributed by atoms with E-state index in [4.69, 9.17) is 19.9 Å². The van der Waals surface area contributed by atoms with Crippen LogP contribution < -0.4 is 15.2 Å². The van der Waals surface area contributed by atoms with Crippen LogP contribution in [-0.2, 0) is 4.74 Å². The normalized spacial score (nSPS) is 11.4. The maximum Gasteiger partial charge on any atom is 0.167 e. The highest BCUT2D eigenvalue weighted by Gasteiger charge is 2.17. The number of hydrogen-bond acceptors (Lipinski definition) is 4. The molecule has 5 heteroatoms. The third kappa shape index (κ3) is 4.89. The second kappa shape index (κ2) is 7.33. The first-order valence-electron chi connectivity index (χ1n) is 6.79. The Labute approximate surface area is 120 Å². The molecule has 0 spiro atoms. The van der Waals surface area contributed by atoms with Crippen molar-refractivity contribution in [3.8, 4) is 11.5 Å². The van der Waals surface area contributed by atoms with Gasteiger partial charge in [0, 0.05) is 25.7 Å². The lowest BCUT2D eigenvalue weighted by Crippen LogP contribution is -2.25. The molecule has 0 radical (unpaired) electrons. The van der Waals surface area contributed by atoms with Crippen LogP contribution >= 0.6 is 0 Å². The summed E-state index contributed by atoms with van der Waals surface area (Å²) in [7, 11) is 1.66. The molecule has 0 aliphatic heterocycles. The molecule has 0 aliphatic rings. The number of rotatable bonds is 8. The Morgan fingerprint density at radius 2 is 1.80 bits per heavy atom. The van der Waals surface area contributed by atoms with Gasteiger partial charge in [0.15, 0.2) is 11.6 Å². The van der Waals surface area contributed by atoms with E-state index in [1.807, 2.05) is 20.8 Å². The fourth-order valence-electron chi connectivity index (χ4n) is 1.51. The number of nitrogen functional groups attached to an aromatic ring is 1. The van der Waals surface area contributed by atoms with Crippen LogP contribution in [0.2, 0.25) is 0 Å². The Hall–Kier alpha value is -1.49. The Kier molecular flexibility index (Phi) is 6.07. The zero-order valence-corrected chi connectivity index (χ0v) is 12.7. The van der Waals surface area contributed by atoms with Gasteiger partial charge in [-0.2, -0.15) is 0 Å². The zero-order chi connectivity index (χ0) is 15.2. The summed E-state index contributed by atoms with van der Waals surface area (Å²) in [5, 5.41) is 0. The van der Waals surface area contributed by atoms with E-state index in [1.54, 1.807) is 7.11 Å². The van der Waals surface area contributed by atoms with Gasteiger partial charge in [0.05, 0.1) is 24.5 Å². The van der Waals surface area contributed by atoms with Crippen LogP contribution in [0.15, 0.2) is 12.1 Å². The maximum absolute atomic E-state index is 13.6. The molecular formula is C15H24FNO3. The number of halogens is 1. The van der Waals surface area contributed by atoms with Gasteiger partial charge in [-0.3, -0.25) is 0 Å². The van der Waals surface area contributed by atoms with Crippen LogP contribution in [0.1, 0.15) is 33.6 Å². The van der Waals surface area contributed by atoms with Gasteiger partial charge in [-0.1, -0.05) is 6.92 Å². The molecule has 1 aromatic rings. The number of anilines is 1. The van der Waals surface area contributed by atoms with Gasteiger partial charge in [-0.25, -0.2) is 4.39 Å². The molecule has 0 saturated heterocycles. The first-order valence-corrected chi connectivity index (χ1v) is 6.79. The van der Waals surface area contributed by atoms with E-state index in [-0.39, 0.29) is 17.0 Å². The van der Waals surface area contributed by atoms with Gasteiger partial charge in [0.2, 0.25) is 0 Å². The molecule has 0 saturated carbocycles. The fraction of sp³-hybridized carbons (Fsp3) is 0.600. The van der Waals surface area contributed by atoms with Crippen LogP contribution in [0.5, 0.6) is 11.5 Å². The highest BCUT2D eigenvalue weighted by molar-refractivity contribution is 5.56. The second-order valence-corrected chi connectivity index (χ2v) is 5.23. The molecule has 0 unspecified atom stereocenters. The van der Waals surface area contributed by atoms with E-state index in [0.29, 0.717) is 25.4 Å². The van der Waals surface area contributed by atoms with Gasteiger partial charge in [-0.05, 0) is 20.3 Å². The number of benzene rings is 1. The standard InChI is InChI=1S/C15H24FNO3/c1-5-7-19-13-10-14(12(17)9-11(13)16)20-8-6-15(2,3)18-4/h9-10H,5-8,17H2,1-4H3. The van der Waals surface area contributed by atoms with Crippen LogP contribution in [-0.4, -0.2) is 25.9 Å². The SMILES string of the molecule is CCCOc1cc(OCCC(C)(C)OC)c(N)cc1F. The monoisotopic (exact) mass is 285 g/mol. The summed E-state index contributed by atoms with van der Waals surface area (Å²) in [6, 6.07) is 2.72. The van der Waals surface area contributed by atoms with Crippen LogP contribution in [0.25, 0.3) is 0 Å². The maximum atomic E-state index is 13.6. The molecule has 114 valence electrons. The molecule has 0 aromatic heterocycles. The van der Waals surface area contributed by atoms with Gasteiger partial charge in [0.25, 0.3) is 0 Å². The lowest BCUT2D eigenvalue weighted by Gasteiger charge is -2.23. The summed E-state index contributed by atoms with van der Waals surface area (Å²) in [4.78, 5) is 0. The van der Waals surface area contributed by atoms with Crippen molar-refractivity contribution in [1.29, 1.82) is 0 Å².